The third-order valence-electron chi connectivity index (χ3n) is 4.38. The fraction of sp³-hybridized carbons (Fsp3) is 0.562. The van der Waals surface area contributed by atoms with Crippen molar-refractivity contribution in [3.63, 3.8) is 0 Å². The molecule has 0 saturated carbocycles. The van der Waals surface area contributed by atoms with Gasteiger partial charge in [-0.05, 0) is 43.4 Å². The minimum absolute atomic E-state index is 0.255. The van der Waals surface area contributed by atoms with Crippen molar-refractivity contribution in [2.24, 2.45) is 0 Å². The monoisotopic (exact) mass is 291 g/mol. The molecule has 2 heterocycles. The van der Waals surface area contributed by atoms with Crippen molar-refractivity contribution in [2.45, 2.75) is 54.6 Å². The molecule has 0 amide bonds. The number of benzene rings is 1. The number of halogens is 1. The zero-order chi connectivity index (χ0) is 14.2. The molecule has 2 atom stereocenters. The number of nitrogens with zero attached hydrogens (tertiary/aromatic N) is 1. The lowest BCUT2D eigenvalue weighted by molar-refractivity contribution is 0.00487. The Bertz CT molecular complexity index is 542. The van der Waals surface area contributed by atoms with Gasteiger partial charge in [-0.25, -0.2) is 4.39 Å². The zero-order valence-corrected chi connectivity index (χ0v) is 12.1. The van der Waals surface area contributed by atoms with E-state index in [0.717, 1.165) is 18.4 Å². The highest BCUT2D eigenvalue weighted by atomic mass is 32.2. The maximum absolute atomic E-state index is 14.2. The van der Waals surface area contributed by atoms with Crippen molar-refractivity contribution in [1.29, 1.82) is 5.26 Å². The van der Waals surface area contributed by atoms with Gasteiger partial charge in [-0.1, -0.05) is 12.5 Å². The van der Waals surface area contributed by atoms with E-state index in [4.69, 9.17) is 5.26 Å². The Hall–Kier alpha value is -1.05. The molecule has 2 unspecified atom stereocenters. The van der Waals surface area contributed by atoms with E-state index in [9.17, 15) is 9.50 Å². The first-order chi connectivity index (χ1) is 9.60. The molecule has 106 valence electrons. The predicted molar refractivity (Wildman–Crippen MR) is 77.9 cm³/mol. The highest BCUT2D eigenvalue weighted by molar-refractivity contribution is 8.00. The van der Waals surface area contributed by atoms with Crippen molar-refractivity contribution in [2.75, 3.05) is 0 Å². The molecule has 1 aromatic carbocycles. The van der Waals surface area contributed by atoms with Crippen molar-refractivity contribution >= 4 is 11.8 Å². The van der Waals surface area contributed by atoms with Gasteiger partial charge >= 0.3 is 0 Å². The van der Waals surface area contributed by atoms with Crippen LogP contribution in [0.2, 0.25) is 0 Å². The Morgan fingerprint density at radius 2 is 2.05 bits per heavy atom. The largest absolute Gasteiger partial charge is 0.385 e. The summed E-state index contributed by atoms with van der Waals surface area (Å²) in [5.41, 5.74) is 0.111. The normalized spacial score (nSPS) is 32.6. The maximum Gasteiger partial charge on any atom is 0.129 e. The van der Waals surface area contributed by atoms with Crippen molar-refractivity contribution in [1.82, 2.24) is 0 Å². The maximum atomic E-state index is 14.2. The summed E-state index contributed by atoms with van der Waals surface area (Å²) in [6, 6.07) is 6.78. The van der Waals surface area contributed by atoms with Crippen molar-refractivity contribution < 1.29 is 9.50 Å². The lowest BCUT2D eigenvalue weighted by Crippen LogP contribution is -2.41. The van der Waals surface area contributed by atoms with Gasteiger partial charge in [-0.2, -0.15) is 17.0 Å². The second-order valence-corrected chi connectivity index (χ2v) is 7.51. The van der Waals surface area contributed by atoms with Crippen LogP contribution in [0.15, 0.2) is 18.2 Å². The van der Waals surface area contributed by atoms with Crippen molar-refractivity contribution in [3.05, 3.63) is 35.1 Å². The lowest BCUT2D eigenvalue weighted by atomic mass is 9.79. The van der Waals surface area contributed by atoms with E-state index in [1.165, 1.54) is 12.5 Å². The summed E-state index contributed by atoms with van der Waals surface area (Å²) in [5.74, 6) is -0.348. The molecule has 1 N–H and O–H groups in total. The SMILES string of the molecule is N#CCc1ccc(F)c(C2(O)CC3CCCC(C2)S3)c1. The van der Waals surface area contributed by atoms with E-state index >= 15 is 0 Å². The van der Waals surface area contributed by atoms with Gasteiger partial charge in [0.2, 0.25) is 0 Å². The zero-order valence-electron chi connectivity index (χ0n) is 11.3. The minimum Gasteiger partial charge on any atom is -0.385 e. The van der Waals surface area contributed by atoms with Crippen molar-refractivity contribution in [3.8, 4) is 6.07 Å². The van der Waals surface area contributed by atoms with Crippen LogP contribution in [-0.4, -0.2) is 15.6 Å². The number of nitriles is 1. The number of thioether (sulfide) groups is 1. The summed E-state index contributed by atoms with van der Waals surface area (Å²) in [4.78, 5) is 0. The average Bonchev–Trinajstić information content (AvgIpc) is 2.40. The Balaban J connectivity index is 1.94. The van der Waals surface area contributed by atoms with Crippen LogP contribution in [0.3, 0.4) is 0 Å². The standard InChI is InChI=1S/C16H18FNOS/c17-15-5-4-11(6-7-18)8-14(15)16(19)9-12-2-1-3-13(10-16)20-12/h4-5,8,12-13,19H,1-3,6,9-10H2. The average molecular weight is 291 g/mol. The number of rotatable bonds is 2. The fourth-order valence-electron chi connectivity index (χ4n) is 3.47. The van der Waals surface area contributed by atoms with Gasteiger partial charge in [0, 0.05) is 16.1 Å². The molecule has 0 spiro atoms. The van der Waals surface area contributed by atoms with E-state index in [2.05, 4.69) is 6.07 Å². The van der Waals surface area contributed by atoms with Crippen LogP contribution in [0.4, 0.5) is 4.39 Å². The first-order valence-electron chi connectivity index (χ1n) is 7.14. The third kappa shape index (κ3) is 2.57. The summed E-state index contributed by atoms with van der Waals surface area (Å²) >= 11 is 1.96. The van der Waals surface area contributed by atoms with Gasteiger partial charge in [-0.15, -0.1) is 0 Å². The molecule has 20 heavy (non-hydrogen) atoms. The molecule has 2 aliphatic rings. The highest BCUT2D eigenvalue weighted by Crippen LogP contribution is 2.49. The Morgan fingerprint density at radius 3 is 2.70 bits per heavy atom. The molecule has 0 aromatic heterocycles. The summed E-state index contributed by atoms with van der Waals surface area (Å²) in [6.07, 6.45) is 4.95. The molecule has 0 radical (unpaired) electrons. The van der Waals surface area contributed by atoms with Crippen LogP contribution in [-0.2, 0) is 12.0 Å². The minimum atomic E-state index is -1.06. The van der Waals surface area contributed by atoms with E-state index in [1.54, 1.807) is 12.1 Å². The molecule has 2 saturated heterocycles. The lowest BCUT2D eigenvalue weighted by Gasteiger charge is -2.44. The fourth-order valence-corrected chi connectivity index (χ4v) is 5.36. The number of aliphatic hydroxyl groups is 1. The molecule has 1 aromatic rings. The number of fused-ring (bicyclic) bond motifs is 2. The summed E-state index contributed by atoms with van der Waals surface area (Å²) in [5, 5.41) is 20.6. The van der Waals surface area contributed by atoms with Crippen LogP contribution in [0.25, 0.3) is 0 Å². The van der Waals surface area contributed by atoms with Crippen LogP contribution in [0.5, 0.6) is 0 Å². The van der Waals surface area contributed by atoms with Gasteiger partial charge < -0.3 is 5.11 Å². The van der Waals surface area contributed by atoms with Crippen LogP contribution >= 0.6 is 11.8 Å². The molecule has 2 aliphatic heterocycles. The first kappa shape index (κ1) is 13.9. The molecule has 3 rings (SSSR count). The van der Waals surface area contributed by atoms with E-state index in [-0.39, 0.29) is 12.2 Å². The van der Waals surface area contributed by atoms with E-state index < -0.39 is 5.60 Å². The summed E-state index contributed by atoms with van der Waals surface area (Å²) in [7, 11) is 0. The third-order valence-corrected chi connectivity index (χ3v) is 5.96. The van der Waals surface area contributed by atoms with E-state index in [0.29, 0.717) is 28.9 Å². The van der Waals surface area contributed by atoms with Crippen LogP contribution < -0.4 is 0 Å². The number of hydrogen-bond donors (Lipinski definition) is 1. The molecule has 2 bridgehead atoms. The molecule has 4 heteroatoms. The summed E-state index contributed by atoms with van der Waals surface area (Å²) < 4.78 is 14.2. The second kappa shape index (κ2) is 5.38. The molecular formula is C16H18FNOS. The molecule has 2 nitrogen and oxygen atoms in total. The quantitative estimate of drug-likeness (QED) is 0.906. The predicted octanol–water partition coefficient (Wildman–Crippen LogP) is 3.53. The van der Waals surface area contributed by atoms with Crippen LogP contribution in [0.1, 0.15) is 43.2 Å². The molecule has 0 aliphatic carbocycles. The van der Waals surface area contributed by atoms with Crippen LogP contribution in [0, 0.1) is 17.1 Å². The Morgan fingerprint density at radius 1 is 1.35 bits per heavy atom. The Labute approximate surface area is 123 Å². The number of hydrogen-bond acceptors (Lipinski definition) is 3. The first-order valence-corrected chi connectivity index (χ1v) is 8.09. The molecular weight excluding hydrogens is 273 g/mol. The summed E-state index contributed by atoms with van der Waals surface area (Å²) in [6.45, 7) is 0. The van der Waals surface area contributed by atoms with E-state index in [1.807, 2.05) is 11.8 Å². The Kier molecular flexibility index (Phi) is 3.74. The van der Waals surface area contributed by atoms with Gasteiger partial charge in [0.1, 0.15) is 5.82 Å². The van der Waals surface area contributed by atoms with Gasteiger partial charge in [-0.3, -0.25) is 0 Å². The smallest absolute Gasteiger partial charge is 0.129 e. The second-order valence-electron chi connectivity index (χ2n) is 5.90. The topological polar surface area (TPSA) is 44.0 Å². The molecule has 2 fully saturated rings. The van der Waals surface area contributed by atoms with Gasteiger partial charge in [0.15, 0.2) is 0 Å². The highest BCUT2D eigenvalue weighted by Gasteiger charge is 2.43. The van der Waals surface area contributed by atoms with Gasteiger partial charge in [0.05, 0.1) is 18.1 Å². The van der Waals surface area contributed by atoms with Gasteiger partial charge in [0.25, 0.3) is 0 Å².